The highest BCUT2D eigenvalue weighted by molar-refractivity contribution is 5.71. The molecule has 1 atom stereocenters. The molecule has 138 valence electrons. The van der Waals surface area contributed by atoms with Gasteiger partial charge in [0, 0.05) is 16.5 Å². The predicted octanol–water partition coefficient (Wildman–Crippen LogP) is 3.43. The van der Waals surface area contributed by atoms with Crippen molar-refractivity contribution in [3.8, 4) is 22.7 Å². The number of benzene rings is 2. The van der Waals surface area contributed by atoms with Crippen LogP contribution in [-0.4, -0.2) is 16.7 Å². The van der Waals surface area contributed by atoms with Gasteiger partial charge in [0.1, 0.15) is 5.75 Å². The molecule has 0 unspecified atom stereocenters. The molecule has 1 heterocycles. The topological polar surface area (TPSA) is 64.1 Å². The number of para-hydroxylation sites is 2. The molecule has 5 heteroatoms. The van der Waals surface area contributed by atoms with Crippen LogP contribution in [0.4, 0.5) is 0 Å². The first kappa shape index (κ1) is 17.3. The standard InChI is InChI=1S/C22H22N2O3/c1-4-22(2)13-14-9-5-6-10-15(14)19-18(22)20(25)24(21(26)23-19)16-11-7-8-12-17(16)27-3/h5-12H,4,13H2,1-3H3,(H,23,26)/t22-/m1/s1. The van der Waals surface area contributed by atoms with Crippen molar-refractivity contribution in [3.63, 3.8) is 0 Å². The van der Waals surface area contributed by atoms with Crippen molar-refractivity contribution in [2.75, 3.05) is 7.11 Å². The first-order valence-electron chi connectivity index (χ1n) is 9.11. The van der Waals surface area contributed by atoms with Crippen molar-refractivity contribution < 1.29 is 4.74 Å². The van der Waals surface area contributed by atoms with E-state index in [9.17, 15) is 9.59 Å². The molecule has 1 N–H and O–H groups in total. The second-order valence-electron chi connectivity index (χ2n) is 7.24. The molecular weight excluding hydrogens is 340 g/mol. The van der Waals surface area contributed by atoms with Crippen molar-refractivity contribution in [2.24, 2.45) is 0 Å². The van der Waals surface area contributed by atoms with E-state index >= 15 is 0 Å². The summed E-state index contributed by atoms with van der Waals surface area (Å²) in [4.78, 5) is 29.5. The van der Waals surface area contributed by atoms with E-state index in [0.717, 1.165) is 24.0 Å². The highest BCUT2D eigenvalue weighted by Crippen LogP contribution is 2.41. The molecular formula is C22H22N2O3. The van der Waals surface area contributed by atoms with Crippen LogP contribution in [-0.2, 0) is 11.8 Å². The molecule has 0 spiro atoms. The van der Waals surface area contributed by atoms with Gasteiger partial charge in [-0.05, 0) is 30.5 Å². The lowest BCUT2D eigenvalue weighted by Gasteiger charge is -2.35. The molecule has 0 radical (unpaired) electrons. The van der Waals surface area contributed by atoms with E-state index in [0.29, 0.717) is 22.7 Å². The number of hydrogen-bond acceptors (Lipinski definition) is 3. The molecule has 0 saturated carbocycles. The van der Waals surface area contributed by atoms with E-state index in [1.807, 2.05) is 24.3 Å². The van der Waals surface area contributed by atoms with Crippen LogP contribution in [0.5, 0.6) is 5.75 Å². The maximum atomic E-state index is 13.6. The fourth-order valence-corrected chi connectivity index (χ4v) is 4.06. The Morgan fingerprint density at radius 2 is 1.81 bits per heavy atom. The Morgan fingerprint density at radius 3 is 2.56 bits per heavy atom. The average Bonchev–Trinajstić information content (AvgIpc) is 2.68. The number of aromatic amines is 1. The molecule has 3 aromatic rings. The van der Waals surface area contributed by atoms with Gasteiger partial charge < -0.3 is 9.72 Å². The van der Waals surface area contributed by atoms with Gasteiger partial charge in [0.25, 0.3) is 5.56 Å². The van der Waals surface area contributed by atoms with Crippen molar-refractivity contribution in [3.05, 3.63) is 80.5 Å². The monoisotopic (exact) mass is 362 g/mol. The summed E-state index contributed by atoms with van der Waals surface area (Å²) in [5.41, 5.74) is 2.74. The molecule has 2 aromatic carbocycles. The van der Waals surface area contributed by atoms with Gasteiger partial charge in [-0.3, -0.25) is 4.79 Å². The number of nitrogens with zero attached hydrogens (tertiary/aromatic N) is 1. The zero-order chi connectivity index (χ0) is 19.2. The summed E-state index contributed by atoms with van der Waals surface area (Å²) in [7, 11) is 1.53. The van der Waals surface area contributed by atoms with Crippen LogP contribution in [0.2, 0.25) is 0 Å². The van der Waals surface area contributed by atoms with Gasteiger partial charge in [0.05, 0.1) is 18.5 Å². The Bertz CT molecular complexity index is 1140. The molecule has 0 saturated heterocycles. The summed E-state index contributed by atoms with van der Waals surface area (Å²) < 4.78 is 6.57. The molecule has 5 nitrogen and oxygen atoms in total. The first-order chi connectivity index (χ1) is 13.0. The number of fused-ring (bicyclic) bond motifs is 3. The van der Waals surface area contributed by atoms with Gasteiger partial charge in [-0.2, -0.15) is 0 Å². The van der Waals surface area contributed by atoms with E-state index in [-0.39, 0.29) is 11.0 Å². The third-order valence-corrected chi connectivity index (χ3v) is 5.68. The number of rotatable bonds is 3. The van der Waals surface area contributed by atoms with Crippen molar-refractivity contribution >= 4 is 0 Å². The SMILES string of the molecule is CC[C@]1(C)Cc2ccccc2-c2[nH]c(=O)n(-c3ccccc3OC)c(=O)c21. The lowest BCUT2D eigenvalue weighted by Crippen LogP contribution is -2.44. The Balaban J connectivity index is 2.11. The second kappa shape index (κ2) is 6.27. The Labute approximate surface area is 157 Å². The predicted molar refractivity (Wildman–Crippen MR) is 106 cm³/mol. The van der Waals surface area contributed by atoms with Gasteiger partial charge in [-0.25, -0.2) is 9.36 Å². The fourth-order valence-electron chi connectivity index (χ4n) is 4.06. The van der Waals surface area contributed by atoms with E-state index in [2.05, 4.69) is 24.9 Å². The highest BCUT2D eigenvalue weighted by atomic mass is 16.5. The Kier molecular flexibility index (Phi) is 4.02. The van der Waals surface area contributed by atoms with Gasteiger partial charge in [0.2, 0.25) is 0 Å². The summed E-state index contributed by atoms with van der Waals surface area (Å²) in [6, 6.07) is 15.0. The minimum atomic E-state index is -0.460. The number of methoxy groups -OCH3 is 1. The number of aromatic nitrogens is 2. The molecule has 1 aliphatic rings. The largest absolute Gasteiger partial charge is 0.495 e. The second-order valence-corrected chi connectivity index (χ2v) is 7.24. The number of hydrogen-bond donors (Lipinski definition) is 1. The minimum absolute atomic E-state index is 0.280. The first-order valence-corrected chi connectivity index (χ1v) is 9.11. The van der Waals surface area contributed by atoms with Crippen LogP contribution < -0.4 is 16.0 Å². The van der Waals surface area contributed by atoms with Gasteiger partial charge in [-0.1, -0.05) is 50.2 Å². The van der Waals surface area contributed by atoms with Crippen molar-refractivity contribution in [1.82, 2.24) is 9.55 Å². The molecule has 4 rings (SSSR count). The summed E-state index contributed by atoms with van der Waals surface area (Å²) >= 11 is 0. The van der Waals surface area contributed by atoms with Crippen molar-refractivity contribution in [1.29, 1.82) is 0 Å². The quantitative estimate of drug-likeness (QED) is 0.776. The molecule has 0 amide bonds. The Morgan fingerprint density at radius 1 is 1.11 bits per heavy atom. The minimum Gasteiger partial charge on any atom is -0.495 e. The summed E-state index contributed by atoms with van der Waals surface area (Å²) in [6.07, 6.45) is 1.56. The fraction of sp³-hybridized carbons (Fsp3) is 0.273. The molecule has 1 aromatic heterocycles. The van der Waals surface area contributed by atoms with Gasteiger partial charge >= 0.3 is 5.69 Å². The summed E-state index contributed by atoms with van der Waals surface area (Å²) in [5.74, 6) is 0.486. The molecule has 0 fully saturated rings. The van der Waals surface area contributed by atoms with Crippen molar-refractivity contribution in [2.45, 2.75) is 32.1 Å². The van der Waals surface area contributed by atoms with E-state index in [1.54, 1.807) is 18.2 Å². The maximum Gasteiger partial charge on any atom is 0.333 e. The lowest BCUT2D eigenvalue weighted by atomic mass is 9.69. The zero-order valence-electron chi connectivity index (χ0n) is 15.7. The number of nitrogens with one attached hydrogen (secondary N) is 1. The maximum absolute atomic E-state index is 13.6. The van der Waals surface area contributed by atoms with E-state index in [4.69, 9.17) is 4.74 Å². The summed E-state index contributed by atoms with van der Waals surface area (Å²) in [6.45, 7) is 4.17. The van der Waals surface area contributed by atoms with E-state index < -0.39 is 5.69 Å². The Hall–Kier alpha value is -3.08. The van der Waals surface area contributed by atoms with Crippen LogP contribution in [0.1, 0.15) is 31.4 Å². The molecule has 0 bridgehead atoms. The van der Waals surface area contributed by atoms with Crippen LogP contribution in [0, 0.1) is 0 Å². The zero-order valence-corrected chi connectivity index (χ0v) is 15.7. The third kappa shape index (κ3) is 2.53. The number of ether oxygens (including phenoxy) is 1. The smallest absolute Gasteiger partial charge is 0.333 e. The third-order valence-electron chi connectivity index (χ3n) is 5.68. The molecule has 27 heavy (non-hydrogen) atoms. The highest BCUT2D eigenvalue weighted by Gasteiger charge is 2.37. The van der Waals surface area contributed by atoms with Crippen LogP contribution in [0.15, 0.2) is 58.1 Å². The van der Waals surface area contributed by atoms with Gasteiger partial charge in [0.15, 0.2) is 0 Å². The molecule has 1 aliphatic carbocycles. The van der Waals surface area contributed by atoms with Crippen LogP contribution >= 0.6 is 0 Å². The van der Waals surface area contributed by atoms with Crippen LogP contribution in [0.25, 0.3) is 16.9 Å². The average molecular weight is 362 g/mol. The normalized spacial score (nSPS) is 17.9. The van der Waals surface area contributed by atoms with Gasteiger partial charge in [-0.15, -0.1) is 0 Å². The summed E-state index contributed by atoms with van der Waals surface area (Å²) in [5, 5.41) is 0. The lowest BCUT2D eigenvalue weighted by molar-refractivity contribution is 0.410. The molecule has 0 aliphatic heterocycles. The van der Waals surface area contributed by atoms with Crippen LogP contribution in [0.3, 0.4) is 0 Å². The van der Waals surface area contributed by atoms with E-state index in [1.165, 1.54) is 11.7 Å². The number of H-pyrrole nitrogens is 1.